The first kappa shape index (κ1) is 14.7. The van der Waals surface area contributed by atoms with Gasteiger partial charge in [-0.15, -0.1) is 5.10 Å². The molecule has 1 heterocycles. The van der Waals surface area contributed by atoms with Gasteiger partial charge in [-0.25, -0.2) is 4.68 Å². The SMILES string of the molecule is CC(C)c1cccc(-n2cc(CNC(C)(C)C)nn2)c1. The molecule has 1 aromatic carbocycles. The number of benzene rings is 1. The Kier molecular flexibility index (Phi) is 4.23. The predicted octanol–water partition coefficient (Wildman–Crippen LogP) is 3.28. The van der Waals surface area contributed by atoms with E-state index in [2.05, 4.69) is 74.5 Å². The molecular formula is C16H24N4. The topological polar surface area (TPSA) is 42.7 Å². The van der Waals surface area contributed by atoms with Gasteiger partial charge in [-0.3, -0.25) is 0 Å². The Labute approximate surface area is 121 Å². The van der Waals surface area contributed by atoms with Gasteiger partial charge in [0.15, 0.2) is 0 Å². The summed E-state index contributed by atoms with van der Waals surface area (Å²) in [5.74, 6) is 0.514. The molecule has 108 valence electrons. The Bertz CT molecular complexity index is 564. The zero-order chi connectivity index (χ0) is 14.8. The highest BCUT2D eigenvalue weighted by atomic mass is 15.4. The smallest absolute Gasteiger partial charge is 0.0969 e. The van der Waals surface area contributed by atoms with E-state index in [-0.39, 0.29) is 5.54 Å². The quantitative estimate of drug-likeness (QED) is 0.928. The standard InChI is InChI=1S/C16H24N4/c1-12(2)13-7-6-8-15(9-13)20-11-14(18-19-20)10-17-16(3,4)5/h6-9,11-12,17H,10H2,1-5H3. The summed E-state index contributed by atoms with van der Waals surface area (Å²) >= 11 is 0. The van der Waals surface area contributed by atoms with E-state index in [1.54, 1.807) is 0 Å². The van der Waals surface area contributed by atoms with Crippen LogP contribution in [-0.2, 0) is 6.54 Å². The predicted molar refractivity (Wildman–Crippen MR) is 82.0 cm³/mol. The average molecular weight is 272 g/mol. The van der Waals surface area contributed by atoms with Gasteiger partial charge in [0.05, 0.1) is 17.6 Å². The van der Waals surface area contributed by atoms with Crippen molar-refractivity contribution < 1.29 is 0 Å². The fourth-order valence-electron chi connectivity index (χ4n) is 1.89. The molecule has 0 aliphatic heterocycles. The molecule has 0 aliphatic carbocycles. The van der Waals surface area contributed by atoms with E-state index >= 15 is 0 Å². The van der Waals surface area contributed by atoms with Crippen molar-refractivity contribution in [3.8, 4) is 5.69 Å². The Morgan fingerprint density at radius 2 is 2.00 bits per heavy atom. The molecule has 0 aliphatic rings. The summed E-state index contributed by atoms with van der Waals surface area (Å²) in [5, 5.41) is 11.9. The Hall–Kier alpha value is -1.68. The van der Waals surface area contributed by atoms with Gasteiger partial charge in [0.25, 0.3) is 0 Å². The lowest BCUT2D eigenvalue weighted by atomic mass is 10.0. The monoisotopic (exact) mass is 272 g/mol. The van der Waals surface area contributed by atoms with Gasteiger partial charge in [-0.1, -0.05) is 31.2 Å². The maximum atomic E-state index is 4.22. The zero-order valence-corrected chi connectivity index (χ0v) is 13.0. The van der Waals surface area contributed by atoms with Crippen molar-refractivity contribution in [2.24, 2.45) is 0 Å². The van der Waals surface area contributed by atoms with Gasteiger partial charge in [-0.05, 0) is 44.4 Å². The maximum Gasteiger partial charge on any atom is 0.0969 e. The van der Waals surface area contributed by atoms with Crippen LogP contribution in [0.4, 0.5) is 0 Å². The van der Waals surface area contributed by atoms with Crippen LogP contribution >= 0.6 is 0 Å². The third-order valence-electron chi connectivity index (χ3n) is 3.14. The summed E-state index contributed by atoms with van der Waals surface area (Å²) in [7, 11) is 0. The van der Waals surface area contributed by atoms with Gasteiger partial charge in [0, 0.05) is 12.1 Å². The summed E-state index contributed by atoms with van der Waals surface area (Å²) in [6.07, 6.45) is 1.98. The summed E-state index contributed by atoms with van der Waals surface area (Å²) in [4.78, 5) is 0. The van der Waals surface area contributed by atoms with Crippen LogP contribution in [0.2, 0.25) is 0 Å². The zero-order valence-electron chi connectivity index (χ0n) is 13.0. The van der Waals surface area contributed by atoms with Crippen molar-refractivity contribution in [3.05, 3.63) is 41.7 Å². The molecule has 0 saturated carbocycles. The molecule has 0 saturated heterocycles. The highest BCUT2D eigenvalue weighted by molar-refractivity contribution is 5.36. The van der Waals surface area contributed by atoms with Gasteiger partial charge < -0.3 is 5.32 Å². The minimum absolute atomic E-state index is 0.0847. The third-order valence-corrected chi connectivity index (χ3v) is 3.14. The number of nitrogens with one attached hydrogen (secondary N) is 1. The number of hydrogen-bond acceptors (Lipinski definition) is 3. The Morgan fingerprint density at radius 3 is 2.65 bits per heavy atom. The first-order valence-corrected chi connectivity index (χ1v) is 7.12. The summed E-state index contributed by atoms with van der Waals surface area (Å²) in [6.45, 7) is 11.5. The number of nitrogens with zero attached hydrogens (tertiary/aromatic N) is 3. The van der Waals surface area contributed by atoms with Crippen molar-refractivity contribution in [3.63, 3.8) is 0 Å². The molecule has 1 N–H and O–H groups in total. The van der Waals surface area contributed by atoms with Crippen molar-refractivity contribution >= 4 is 0 Å². The van der Waals surface area contributed by atoms with Gasteiger partial charge in [0.2, 0.25) is 0 Å². The van der Waals surface area contributed by atoms with E-state index in [0.717, 1.165) is 17.9 Å². The van der Waals surface area contributed by atoms with Gasteiger partial charge in [-0.2, -0.15) is 0 Å². The summed E-state index contributed by atoms with van der Waals surface area (Å²) in [5.41, 5.74) is 3.41. The number of aromatic nitrogens is 3. The molecule has 20 heavy (non-hydrogen) atoms. The lowest BCUT2D eigenvalue weighted by Gasteiger charge is -2.19. The van der Waals surface area contributed by atoms with E-state index in [1.165, 1.54) is 5.56 Å². The van der Waals surface area contributed by atoms with Gasteiger partial charge in [0.1, 0.15) is 0 Å². The van der Waals surface area contributed by atoms with Crippen LogP contribution in [0.15, 0.2) is 30.5 Å². The van der Waals surface area contributed by atoms with Crippen LogP contribution in [0.3, 0.4) is 0 Å². The molecule has 0 radical (unpaired) electrons. The minimum Gasteiger partial charge on any atom is -0.306 e. The molecule has 0 amide bonds. The molecule has 2 aromatic rings. The molecule has 2 rings (SSSR count). The van der Waals surface area contributed by atoms with Crippen molar-refractivity contribution in [1.29, 1.82) is 0 Å². The molecule has 1 aromatic heterocycles. The molecule has 4 nitrogen and oxygen atoms in total. The third kappa shape index (κ3) is 3.90. The van der Waals surface area contributed by atoms with Crippen molar-refractivity contribution in [1.82, 2.24) is 20.3 Å². The van der Waals surface area contributed by atoms with Crippen LogP contribution < -0.4 is 5.32 Å². The second-order valence-electron chi connectivity index (χ2n) is 6.51. The van der Waals surface area contributed by atoms with E-state index in [1.807, 2.05) is 10.9 Å². The van der Waals surface area contributed by atoms with Crippen LogP contribution in [-0.4, -0.2) is 20.5 Å². The minimum atomic E-state index is 0.0847. The van der Waals surface area contributed by atoms with Crippen LogP contribution in [0.1, 0.15) is 51.8 Å². The lowest BCUT2D eigenvalue weighted by Crippen LogP contribution is -2.35. The van der Waals surface area contributed by atoms with Crippen molar-refractivity contribution in [2.45, 2.75) is 52.6 Å². The van der Waals surface area contributed by atoms with E-state index < -0.39 is 0 Å². The fraction of sp³-hybridized carbons (Fsp3) is 0.500. The highest BCUT2D eigenvalue weighted by Gasteiger charge is 2.10. The normalized spacial score (nSPS) is 12.1. The molecule has 0 atom stereocenters. The lowest BCUT2D eigenvalue weighted by molar-refractivity contribution is 0.421. The second-order valence-corrected chi connectivity index (χ2v) is 6.51. The van der Waals surface area contributed by atoms with E-state index in [4.69, 9.17) is 0 Å². The van der Waals surface area contributed by atoms with E-state index in [9.17, 15) is 0 Å². The second kappa shape index (κ2) is 5.75. The molecule has 4 heteroatoms. The summed E-state index contributed by atoms with van der Waals surface area (Å²) < 4.78 is 1.84. The fourth-order valence-corrected chi connectivity index (χ4v) is 1.89. The summed E-state index contributed by atoms with van der Waals surface area (Å²) in [6, 6.07) is 8.44. The first-order valence-electron chi connectivity index (χ1n) is 7.12. The average Bonchev–Trinajstić information content (AvgIpc) is 2.84. The van der Waals surface area contributed by atoms with Crippen LogP contribution in [0.25, 0.3) is 5.69 Å². The number of rotatable bonds is 4. The van der Waals surface area contributed by atoms with E-state index in [0.29, 0.717) is 5.92 Å². The molecule has 0 unspecified atom stereocenters. The molecule has 0 fully saturated rings. The number of hydrogen-bond donors (Lipinski definition) is 1. The molecule has 0 bridgehead atoms. The maximum absolute atomic E-state index is 4.22. The van der Waals surface area contributed by atoms with Crippen LogP contribution in [0.5, 0.6) is 0 Å². The highest BCUT2D eigenvalue weighted by Crippen LogP contribution is 2.17. The molecular weight excluding hydrogens is 248 g/mol. The largest absolute Gasteiger partial charge is 0.306 e. The Balaban J connectivity index is 2.14. The van der Waals surface area contributed by atoms with Crippen molar-refractivity contribution in [2.75, 3.05) is 0 Å². The molecule has 0 spiro atoms. The first-order chi connectivity index (χ1) is 9.35. The Morgan fingerprint density at radius 1 is 1.25 bits per heavy atom. The van der Waals surface area contributed by atoms with Gasteiger partial charge >= 0.3 is 0 Å². The van der Waals surface area contributed by atoms with Crippen LogP contribution in [0, 0.1) is 0 Å².